The highest BCUT2D eigenvalue weighted by atomic mass is 19.1. The molecule has 4 aromatic rings. The Morgan fingerprint density at radius 3 is 2.17 bits per heavy atom. The van der Waals surface area contributed by atoms with Crippen LogP contribution in [-0.2, 0) is 11.3 Å². The Balaban J connectivity index is 1.59. The van der Waals surface area contributed by atoms with E-state index in [2.05, 4.69) is 5.32 Å². The van der Waals surface area contributed by atoms with Crippen LogP contribution in [0.3, 0.4) is 0 Å². The average Bonchev–Trinajstić information content (AvgIpc) is 3.14. The molecule has 0 spiro atoms. The molecular formula is C33H30F2N4O2. The number of nitrogens with one attached hydrogen (secondary N) is 1. The minimum absolute atomic E-state index is 0.133. The van der Waals surface area contributed by atoms with Crippen molar-refractivity contribution in [3.05, 3.63) is 125 Å². The molecular weight excluding hydrogens is 522 g/mol. The molecule has 0 saturated carbocycles. The molecule has 0 unspecified atom stereocenters. The van der Waals surface area contributed by atoms with Crippen LogP contribution >= 0.6 is 0 Å². The molecule has 8 heteroatoms. The fourth-order valence-corrected chi connectivity index (χ4v) is 4.82. The third kappa shape index (κ3) is 6.07. The molecule has 0 radical (unpaired) electrons. The van der Waals surface area contributed by atoms with Crippen molar-refractivity contribution in [1.29, 1.82) is 0 Å². The first kappa shape index (κ1) is 27.9. The van der Waals surface area contributed by atoms with Gasteiger partial charge >= 0.3 is 0 Å². The normalized spacial score (nSPS) is 12.3. The van der Waals surface area contributed by atoms with Crippen molar-refractivity contribution in [2.45, 2.75) is 20.4 Å². The van der Waals surface area contributed by atoms with E-state index in [0.717, 1.165) is 18.7 Å². The van der Waals surface area contributed by atoms with Gasteiger partial charge in [-0.3, -0.25) is 19.4 Å². The molecule has 4 aromatic carbocycles. The lowest BCUT2D eigenvalue weighted by Crippen LogP contribution is -2.38. The SMILES string of the molecule is CCN(CC)CC(=O)N1c2ccc(C(=O)NCc3ccc(F)cc3)cc2N=C(c2ccc(F)cc2)c2ccccc21. The van der Waals surface area contributed by atoms with E-state index in [1.54, 1.807) is 47.4 Å². The maximum Gasteiger partial charge on any atom is 0.251 e. The molecule has 0 atom stereocenters. The molecule has 1 heterocycles. The minimum Gasteiger partial charge on any atom is -0.348 e. The molecule has 0 fully saturated rings. The van der Waals surface area contributed by atoms with Crippen LogP contribution < -0.4 is 10.2 Å². The van der Waals surface area contributed by atoms with Gasteiger partial charge in [-0.15, -0.1) is 0 Å². The van der Waals surface area contributed by atoms with E-state index >= 15 is 0 Å². The van der Waals surface area contributed by atoms with Gasteiger partial charge in [0.25, 0.3) is 5.91 Å². The van der Waals surface area contributed by atoms with Gasteiger partial charge in [0.05, 0.1) is 29.3 Å². The summed E-state index contributed by atoms with van der Waals surface area (Å²) in [5.41, 5.74) is 4.69. The van der Waals surface area contributed by atoms with Gasteiger partial charge in [-0.05, 0) is 79.3 Å². The summed E-state index contributed by atoms with van der Waals surface area (Å²) in [5, 5.41) is 2.86. The number of rotatable bonds is 8. The Morgan fingerprint density at radius 1 is 0.829 bits per heavy atom. The lowest BCUT2D eigenvalue weighted by Gasteiger charge is -2.27. The van der Waals surface area contributed by atoms with Crippen LogP contribution in [0.5, 0.6) is 0 Å². The number of nitrogens with zero attached hydrogens (tertiary/aromatic N) is 3. The van der Waals surface area contributed by atoms with Gasteiger partial charge in [0, 0.05) is 23.2 Å². The smallest absolute Gasteiger partial charge is 0.251 e. The molecule has 0 bridgehead atoms. The number of fused-ring (bicyclic) bond motifs is 2. The van der Waals surface area contributed by atoms with Crippen LogP contribution in [0.1, 0.15) is 40.9 Å². The summed E-state index contributed by atoms with van der Waals surface area (Å²) in [5.74, 6) is -1.18. The zero-order valence-corrected chi connectivity index (χ0v) is 22.9. The van der Waals surface area contributed by atoms with Crippen LogP contribution in [0.25, 0.3) is 0 Å². The highest BCUT2D eigenvalue weighted by Crippen LogP contribution is 2.41. The van der Waals surface area contributed by atoms with Crippen molar-refractivity contribution in [2.24, 2.45) is 4.99 Å². The monoisotopic (exact) mass is 552 g/mol. The Labute approximate surface area is 238 Å². The van der Waals surface area contributed by atoms with Gasteiger partial charge in [-0.2, -0.15) is 0 Å². The van der Waals surface area contributed by atoms with Crippen molar-refractivity contribution in [3.8, 4) is 0 Å². The summed E-state index contributed by atoms with van der Waals surface area (Å²) in [6.45, 7) is 5.87. The van der Waals surface area contributed by atoms with Crippen molar-refractivity contribution >= 4 is 34.6 Å². The number of hydrogen-bond donors (Lipinski definition) is 1. The number of benzene rings is 4. The number of anilines is 2. The van der Waals surface area contributed by atoms with Gasteiger partial charge in [0.2, 0.25) is 5.91 Å². The first-order chi connectivity index (χ1) is 19.9. The molecule has 6 nitrogen and oxygen atoms in total. The second-order valence-corrected chi connectivity index (χ2v) is 9.69. The first-order valence-corrected chi connectivity index (χ1v) is 13.5. The summed E-state index contributed by atoms with van der Waals surface area (Å²) in [6, 6.07) is 24.5. The molecule has 0 saturated heterocycles. The predicted molar refractivity (Wildman–Crippen MR) is 157 cm³/mol. The van der Waals surface area contributed by atoms with Crippen molar-refractivity contribution in [1.82, 2.24) is 10.2 Å². The van der Waals surface area contributed by atoms with E-state index in [4.69, 9.17) is 4.99 Å². The lowest BCUT2D eigenvalue weighted by atomic mass is 10.00. The number of halogens is 2. The maximum absolute atomic E-state index is 13.9. The summed E-state index contributed by atoms with van der Waals surface area (Å²) in [6.07, 6.45) is 0. The number of amides is 2. The number of carbonyl (C=O) groups is 2. The van der Waals surface area contributed by atoms with Gasteiger partial charge in [-0.25, -0.2) is 13.8 Å². The van der Waals surface area contributed by atoms with Crippen LogP contribution in [0.15, 0.2) is 96.0 Å². The molecule has 0 aromatic heterocycles. The molecule has 5 rings (SSSR count). The Kier molecular flexibility index (Phi) is 8.31. The van der Waals surface area contributed by atoms with Gasteiger partial charge in [-0.1, -0.05) is 44.2 Å². The van der Waals surface area contributed by atoms with E-state index in [-0.39, 0.29) is 36.5 Å². The molecule has 1 aliphatic rings. The zero-order chi connectivity index (χ0) is 28.9. The number of para-hydroxylation sites is 1. The Morgan fingerprint density at radius 2 is 1.49 bits per heavy atom. The Hall–Kier alpha value is -4.69. The highest BCUT2D eigenvalue weighted by molar-refractivity contribution is 6.21. The summed E-state index contributed by atoms with van der Waals surface area (Å²) >= 11 is 0. The second kappa shape index (κ2) is 12.2. The van der Waals surface area contributed by atoms with Gasteiger partial charge < -0.3 is 5.32 Å². The van der Waals surface area contributed by atoms with Gasteiger partial charge in [0.15, 0.2) is 0 Å². The van der Waals surface area contributed by atoms with E-state index in [1.807, 2.05) is 43.0 Å². The van der Waals surface area contributed by atoms with Crippen LogP contribution in [-0.4, -0.2) is 42.1 Å². The largest absolute Gasteiger partial charge is 0.348 e. The topological polar surface area (TPSA) is 65.0 Å². The molecule has 0 aliphatic carbocycles. The Bertz CT molecular complexity index is 1600. The summed E-state index contributed by atoms with van der Waals surface area (Å²) in [7, 11) is 0. The maximum atomic E-state index is 13.9. The van der Waals surface area contributed by atoms with E-state index in [0.29, 0.717) is 39.5 Å². The van der Waals surface area contributed by atoms with E-state index < -0.39 is 0 Å². The molecule has 1 aliphatic heterocycles. The average molecular weight is 553 g/mol. The highest BCUT2D eigenvalue weighted by Gasteiger charge is 2.29. The fourth-order valence-electron chi connectivity index (χ4n) is 4.82. The van der Waals surface area contributed by atoms with Crippen molar-refractivity contribution in [3.63, 3.8) is 0 Å². The summed E-state index contributed by atoms with van der Waals surface area (Å²) in [4.78, 5) is 35.7. The molecule has 208 valence electrons. The second-order valence-electron chi connectivity index (χ2n) is 9.69. The van der Waals surface area contributed by atoms with Gasteiger partial charge in [0.1, 0.15) is 11.6 Å². The standard InChI is InChI=1S/C33H30F2N4O2/c1-3-38(4-2)21-31(40)39-29-8-6-5-7-27(29)32(23-11-16-26(35)17-12-23)37-28-19-24(13-18-30(28)39)33(41)36-20-22-9-14-25(34)15-10-22/h5-19H,3-4,20-21H2,1-2H3,(H,36,41). The number of likely N-dealkylation sites (N-methyl/N-ethyl adjacent to an activating group) is 1. The molecule has 41 heavy (non-hydrogen) atoms. The van der Waals surface area contributed by atoms with E-state index in [1.165, 1.54) is 24.3 Å². The van der Waals surface area contributed by atoms with Crippen LogP contribution in [0.2, 0.25) is 0 Å². The quantitative estimate of drug-likeness (QED) is 0.276. The summed E-state index contributed by atoms with van der Waals surface area (Å²) < 4.78 is 27.1. The lowest BCUT2D eigenvalue weighted by molar-refractivity contribution is -0.119. The zero-order valence-electron chi connectivity index (χ0n) is 22.9. The third-order valence-electron chi connectivity index (χ3n) is 7.10. The van der Waals surface area contributed by atoms with E-state index in [9.17, 15) is 18.4 Å². The van der Waals surface area contributed by atoms with Crippen LogP contribution in [0, 0.1) is 11.6 Å². The third-order valence-corrected chi connectivity index (χ3v) is 7.10. The van der Waals surface area contributed by atoms with Crippen LogP contribution in [0.4, 0.5) is 25.8 Å². The molecule has 1 N–H and O–H groups in total. The molecule has 2 amide bonds. The predicted octanol–water partition coefficient (Wildman–Crippen LogP) is 6.38. The fraction of sp³-hybridized carbons (Fsp3) is 0.182. The number of aliphatic imine (C=N–C) groups is 1. The first-order valence-electron chi connectivity index (χ1n) is 13.5. The number of carbonyl (C=O) groups excluding carboxylic acids is 2. The van der Waals surface area contributed by atoms with Crippen molar-refractivity contribution < 1.29 is 18.4 Å². The van der Waals surface area contributed by atoms with Crippen molar-refractivity contribution in [2.75, 3.05) is 24.5 Å². The minimum atomic E-state index is -0.368. The number of hydrogen-bond acceptors (Lipinski definition) is 4.